The second-order valence-electron chi connectivity index (χ2n) is 5.58. The summed E-state index contributed by atoms with van der Waals surface area (Å²) >= 11 is 0. The molecule has 0 aliphatic heterocycles. The van der Waals surface area contributed by atoms with Crippen LogP contribution in [0.3, 0.4) is 0 Å². The molecule has 2 saturated carbocycles. The number of nitrogens with zero attached hydrogens (tertiary/aromatic N) is 1. The normalized spacial score (nSPS) is 20.8. The highest BCUT2D eigenvalue weighted by Crippen LogP contribution is 2.25. The minimum absolute atomic E-state index is 0.769. The van der Waals surface area contributed by atoms with Gasteiger partial charge in [0.1, 0.15) is 5.76 Å². The summed E-state index contributed by atoms with van der Waals surface area (Å²) in [7, 11) is 2.20. The SMILES string of the molecule is CN(Cc1cc(CNC2CC2)co1)C1CCC1. The van der Waals surface area contributed by atoms with Crippen molar-refractivity contribution in [3.63, 3.8) is 0 Å². The van der Waals surface area contributed by atoms with Gasteiger partial charge >= 0.3 is 0 Å². The van der Waals surface area contributed by atoms with Gasteiger partial charge in [0.2, 0.25) is 0 Å². The largest absolute Gasteiger partial charge is 0.468 e. The summed E-state index contributed by atoms with van der Waals surface area (Å²) in [6.07, 6.45) is 8.69. The lowest BCUT2D eigenvalue weighted by Gasteiger charge is -2.34. The van der Waals surface area contributed by atoms with E-state index in [1.54, 1.807) is 0 Å². The molecule has 2 fully saturated rings. The fourth-order valence-electron chi connectivity index (χ4n) is 2.35. The molecule has 2 aliphatic carbocycles. The van der Waals surface area contributed by atoms with Crippen molar-refractivity contribution in [3.8, 4) is 0 Å². The van der Waals surface area contributed by atoms with Crippen LogP contribution in [0, 0.1) is 0 Å². The molecule has 1 N–H and O–H groups in total. The first kappa shape index (κ1) is 11.3. The lowest BCUT2D eigenvalue weighted by molar-refractivity contribution is 0.143. The maximum absolute atomic E-state index is 5.63. The van der Waals surface area contributed by atoms with Gasteiger partial charge in [-0.1, -0.05) is 6.42 Å². The molecule has 17 heavy (non-hydrogen) atoms. The average molecular weight is 234 g/mol. The molecule has 3 nitrogen and oxygen atoms in total. The van der Waals surface area contributed by atoms with Crippen LogP contribution in [0.1, 0.15) is 43.4 Å². The highest BCUT2D eigenvalue weighted by molar-refractivity contribution is 5.13. The molecular formula is C14H22N2O. The Hall–Kier alpha value is -0.800. The van der Waals surface area contributed by atoms with Gasteiger partial charge in [-0.15, -0.1) is 0 Å². The van der Waals surface area contributed by atoms with E-state index in [1.165, 1.54) is 37.7 Å². The Morgan fingerprint density at radius 1 is 1.35 bits per heavy atom. The second-order valence-corrected chi connectivity index (χ2v) is 5.58. The van der Waals surface area contributed by atoms with Gasteiger partial charge in [-0.3, -0.25) is 4.90 Å². The van der Waals surface area contributed by atoms with Crippen LogP contribution in [-0.2, 0) is 13.1 Å². The smallest absolute Gasteiger partial charge is 0.118 e. The Morgan fingerprint density at radius 2 is 2.18 bits per heavy atom. The topological polar surface area (TPSA) is 28.4 Å². The van der Waals surface area contributed by atoms with Crippen LogP contribution < -0.4 is 5.32 Å². The number of nitrogens with one attached hydrogen (secondary N) is 1. The molecule has 1 aromatic heterocycles. The molecule has 0 amide bonds. The average Bonchev–Trinajstić information content (AvgIpc) is 2.95. The van der Waals surface area contributed by atoms with E-state index in [4.69, 9.17) is 4.42 Å². The summed E-state index contributed by atoms with van der Waals surface area (Å²) in [6, 6.07) is 3.75. The van der Waals surface area contributed by atoms with E-state index in [-0.39, 0.29) is 0 Å². The molecule has 3 rings (SSSR count). The Morgan fingerprint density at radius 3 is 2.82 bits per heavy atom. The third-order valence-corrected chi connectivity index (χ3v) is 3.98. The molecule has 3 heteroatoms. The standard InChI is InChI=1S/C14H22N2O/c1-16(13-3-2-4-13)9-14-7-11(10-17-14)8-15-12-5-6-12/h7,10,12-13,15H,2-6,8-9H2,1H3. The summed E-state index contributed by atoms with van der Waals surface area (Å²) in [5.41, 5.74) is 1.29. The van der Waals surface area contributed by atoms with Crippen molar-refractivity contribution in [2.75, 3.05) is 7.05 Å². The Labute approximate surface area is 103 Å². The van der Waals surface area contributed by atoms with Crippen molar-refractivity contribution in [3.05, 3.63) is 23.7 Å². The maximum Gasteiger partial charge on any atom is 0.118 e. The van der Waals surface area contributed by atoms with Gasteiger partial charge in [0.25, 0.3) is 0 Å². The van der Waals surface area contributed by atoms with Gasteiger partial charge in [0, 0.05) is 24.2 Å². The quantitative estimate of drug-likeness (QED) is 0.820. The van der Waals surface area contributed by atoms with E-state index in [0.717, 1.165) is 30.9 Å². The van der Waals surface area contributed by atoms with Crippen LogP contribution in [-0.4, -0.2) is 24.0 Å². The zero-order chi connectivity index (χ0) is 11.7. The van der Waals surface area contributed by atoms with Gasteiger partial charge in [-0.25, -0.2) is 0 Å². The van der Waals surface area contributed by atoms with Crippen LogP contribution in [0.2, 0.25) is 0 Å². The fourth-order valence-corrected chi connectivity index (χ4v) is 2.35. The Kier molecular flexibility index (Phi) is 3.21. The first-order chi connectivity index (χ1) is 8.31. The van der Waals surface area contributed by atoms with Crippen molar-refractivity contribution in [2.45, 2.75) is 57.3 Å². The Balaban J connectivity index is 1.48. The molecule has 0 saturated heterocycles. The van der Waals surface area contributed by atoms with Crippen LogP contribution in [0.25, 0.3) is 0 Å². The number of furan rings is 1. The summed E-state index contributed by atoms with van der Waals surface area (Å²) in [5, 5.41) is 3.51. The molecule has 0 spiro atoms. The summed E-state index contributed by atoms with van der Waals surface area (Å²) < 4.78 is 5.63. The molecule has 2 aliphatic rings. The van der Waals surface area contributed by atoms with Gasteiger partial charge in [-0.05, 0) is 38.8 Å². The van der Waals surface area contributed by atoms with Gasteiger partial charge in [-0.2, -0.15) is 0 Å². The van der Waals surface area contributed by atoms with E-state index in [1.807, 2.05) is 6.26 Å². The summed E-state index contributed by atoms with van der Waals surface area (Å²) in [4.78, 5) is 2.42. The number of hydrogen-bond donors (Lipinski definition) is 1. The van der Waals surface area contributed by atoms with E-state index >= 15 is 0 Å². The predicted molar refractivity (Wildman–Crippen MR) is 67.7 cm³/mol. The van der Waals surface area contributed by atoms with Gasteiger partial charge < -0.3 is 9.73 Å². The minimum atomic E-state index is 0.769. The van der Waals surface area contributed by atoms with Gasteiger partial charge in [0.15, 0.2) is 0 Å². The zero-order valence-electron chi connectivity index (χ0n) is 10.6. The highest BCUT2D eigenvalue weighted by Gasteiger charge is 2.23. The monoisotopic (exact) mass is 234 g/mol. The van der Waals surface area contributed by atoms with Crippen molar-refractivity contribution < 1.29 is 4.42 Å². The molecule has 1 aromatic rings. The summed E-state index contributed by atoms with van der Waals surface area (Å²) in [5.74, 6) is 1.10. The van der Waals surface area contributed by atoms with Crippen LogP contribution >= 0.6 is 0 Å². The van der Waals surface area contributed by atoms with E-state index in [0.29, 0.717) is 0 Å². The Bertz CT molecular complexity index is 366. The fraction of sp³-hybridized carbons (Fsp3) is 0.714. The van der Waals surface area contributed by atoms with E-state index in [9.17, 15) is 0 Å². The molecule has 1 heterocycles. The molecule has 0 atom stereocenters. The maximum atomic E-state index is 5.63. The predicted octanol–water partition coefficient (Wildman–Crippen LogP) is 2.52. The lowest BCUT2D eigenvalue weighted by atomic mass is 9.92. The first-order valence-corrected chi connectivity index (χ1v) is 6.81. The third-order valence-electron chi connectivity index (χ3n) is 3.98. The zero-order valence-corrected chi connectivity index (χ0v) is 10.6. The molecule has 0 unspecified atom stereocenters. The van der Waals surface area contributed by atoms with Crippen LogP contribution in [0.15, 0.2) is 16.7 Å². The molecular weight excluding hydrogens is 212 g/mol. The molecule has 94 valence electrons. The van der Waals surface area contributed by atoms with Crippen LogP contribution in [0.4, 0.5) is 0 Å². The number of hydrogen-bond acceptors (Lipinski definition) is 3. The van der Waals surface area contributed by atoms with E-state index < -0.39 is 0 Å². The van der Waals surface area contributed by atoms with Crippen LogP contribution in [0.5, 0.6) is 0 Å². The van der Waals surface area contributed by atoms with Crippen molar-refractivity contribution in [1.82, 2.24) is 10.2 Å². The molecule has 0 radical (unpaired) electrons. The second kappa shape index (κ2) is 4.83. The third kappa shape index (κ3) is 2.90. The highest BCUT2D eigenvalue weighted by atomic mass is 16.3. The molecule has 0 bridgehead atoms. The lowest BCUT2D eigenvalue weighted by Crippen LogP contribution is -2.36. The molecule has 0 aromatic carbocycles. The van der Waals surface area contributed by atoms with Crippen molar-refractivity contribution in [1.29, 1.82) is 0 Å². The van der Waals surface area contributed by atoms with Gasteiger partial charge in [0.05, 0.1) is 12.8 Å². The van der Waals surface area contributed by atoms with E-state index in [2.05, 4.69) is 23.3 Å². The van der Waals surface area contributed by atoms with Crippen molar-refractivity contribution in [2.24, 2.45) is 0 Å². The number of rotatable bonds is 6. The first-order valence-electron chi connectivity index (χ1n) is 6.81. The summed E-state index contributed by atoms with van der Waals surface area (Å²) in [6.45, 7) is 1.91. The minimum Gasteiger partial charge on any atom is -0.468 e. The van der Waals surface area contributed by atoms with Crippen molar-refractivity contribution >= 4 is 0 Å².